The van der Waals surface area contributed by atoms with Crippen molar-refractivity contribution in [2.75, 3.05) is 0 Å². The predicted molar refractivity (Wildman–Crippen MR) is 188 cm³/mol. The average Bonchev–Trinajstić information content (AvgIpc) is 3.49. The molecule has 0 fully saturated rings. The van der Waals surface area contributed by atoms with Crippen LogP contribution in [0.25, 0.3) is 33.3 Å². The van der Waals surface area contributed by atoms with Crippen LogP contribution >= 0.6 is 0 Å². The van der Waals surface area contributed by atoms with Gasteiger partial charge in [0.05, 0.1) is 5.69 Å². The van der Waals surface area contributed by atoms with Gasteiger partial charge < -0.3 is 9.30 Å². The zero-order chi connectivity index (χ0) is 32.3. The maximum absolute atomic E-state index is 6.59. The molecule has 0 saturated carbocycles. The number of aromatic nitrogens is 4. The molecule has 0 saturated heterocycles. The van der Waals surface area contributed by atoms with E-state index >= 15 is 0 Å². The Kier molecular flexibility index (Phi) is 9.06. The normalized spacial score (nSPS) is 18.1. The van der Waals surface area contributed by atoms with Crippen molar-refractivity contribution in [2.24, 2.45) is 11.8 Å². The van der Waals surface area contributed by atoms with E-state index in [1.807, 2.05) is 18.3 Å². The molecule has 47 heavy (non-hydrogen) atoms. The summed E-state index contributed by atoms with van der Waals surface area (Å²) in [6.07, 6.45) is 5.50. The summed E-state index contributed by atoms with van der Waals surface area (Å²) in [6.45, 7) is 17.8. The van der Waals surface area contributed by atoms with E-state index in [0.29, 0.717) is 35.2 Å². The monoisotopic (exact) mass is 801 g/mol. The van der Waals surface area contributed by atoms with Crippen LogP contribution < -0.4 is 4.74 Å². The largest absolute Gasteiger partial charge is 2.00 e. The van der Waals surface area contributed by atoms with Gasteiger partial charge in [0.1, 0.15) is 5.82 Å². The number of pyridine rings is 1. The van der Waals surface area contributed by atoms with Crippen LogP contribution in [0.2, 0.25) is 0 Å². The van der Waals surface area contributed by atoms with Crippen molar-refractivity contribution in [3.63, 3.8) is 0 Å². The fourth-order valence-electron chi connectivity index (χ4n) is 7.63. The number of hydrogen-bond acceptors (Lipinski definition) is 3. The Morgan fingerprint density at radius 3 is 2.43 bits per heavy atom. The van der Waals surface area contributed by atoms with E-state index in [-0.39, 0.29) is 21.1 Å². The molecular weight excluding hydrogens is 760 g/mol. The number of benzene rings is 3. The summed E-state index contributed by atoms with van der Waals surface area (Å²) in [6, 6.07) is 28.1. The fraction of sp³-hybridized carbons (Fsp3) is 0.317. The molecule has 3 heterocycles. The van der Waals surface area contributed by atoms with Gasteiger partial charge in [-0.25, -0.2) is 4.98 Å². The minimum Gasteiger partial charge on any atom is -0.509 e. The molecule has 7 rings (SSSR count). The van der Waals surface area contributed by atoms with Crippen LogP contribution in [0.5, 0.6) is 11.5 Å². The number of nitrogens with zero attached hydrogens (tertiary/aromatic N) is 4. The quantitative estimate of drug-likeness (QED) is 0.124. The average molecular weight is 802 g/mol. The van der Waals surface area contributed by atoms with Crippen LogP contribution in [0.15, 0.2) is 78.5 Å². The van der Waals surface area contributed by atoms with E-state index in [1.165, 1.54) is 28.8 Å². The van der Waals surface area contributed by atoms with E-state index in [2.05, 4.69) is 131 Å². The number of hydrogen-bond donors (Lipinski definition) is 0. The number of ether oxygens (including phenoxy) is 1. The first kappa shape index (κ1) is 33.0. The Labute approximate surface area is 292 Å². The molecule has 0 aliphatic heterocycles. The van der Waals surface area contributed by atoms with Crippen molar-refractivity contribution in [3.05, 3.63) is 119 Å². The minimum atomic E-state index is 0. The minimum absolute atomic E-state index is 0. The first-order valence-electron chi connectivity index (χ1n) is 16.5. The SMILES string of the molecule is CC1=C[C@H](C)C[C@H](C)C1c1c(C)nn(-c2[c-]c(Oc3[c-]c4c(cc3)c3ccccc3n4-c3cc(C)ccn3)cc(C(C)C)c2)c1C.[Pt+2]. The molecule has 0 amide bonds. The van der Waals surface area contributed by atoms with Crippen molar-refractivity contribution >= 4 is 21.8 Å². The van der Waals surface area contributed by atoms with Gasteiger partial charge in [-0.1, -0.05) is 63.1 Å². The molecular formula is C41H42N4OPt. The summed E-state index contributed by atoms with van der Waals surface area (Å²) in [5.41, 5.74) is 10.3. The zero-order valence-electron chi connectivity index (χ0n) is 28.5. The number of allylic oxidation sites excluding steroid dienone is 2. The van der Waals surface area contributed by atoms with Crippen molar-refractivity contribution in [1.29, 1.82) is 0 Å². The number of rotatable bonds is 6. The van der Waals surface area contributed by atoms with Gasteiger partial charge in [0.25, 0.3) is 0 Å². The molecule has 0 radical (unpaired) electrons. The van der Waals surface area contributed by atoms with Gasteiger partial charge in [-0.2, -0.15) is 11.2 Å². The van der Waals surface area contributed by atoms with Gasteiger partial charge >= 0.3 is 21.1 Å². The van der Waals surface area contributed by atoms with E-state index in [0.717, 1.165) is 44.6 Å². The zero-order valence-corrected chi connectivity index (χ0v) is 30.7. The predicted octanol–water partition coefficient (Wildman–Crippen LogP) is 10.5. The third kappa shape index (κ3) is 6.00. The molecule has 0 N–H and O–H groups in total. The maximum Gasteiger partial charge on any atom is 2.00 e. The summed E-state index contributed by atoms with van der Waals surface area (Å²) in [7, 11) is 0. The molecule has 6 heteroatoms. The van der Waals surface area contributed by atoms with E-state index in [4.69, 9.17) is 14.8 Å². The van der Waals surface area contributed by atoms with E-state index in [9.17, 15) is 0 Å². The van der Waals surface area contributed by atoms with Crippen LogP contribution in [-0.4, -0.2) is 19.3 Å². The number of fused-ring (bicyclic) bond motifs is 3. The molecule has 3 aromatic heterocycles. The molecule has 1 aliphatic carbocycles. The molecule has 1 unspecified atom stereocenters. The van der Waals surface area contributed by atoms with Gasteiger partial charge in [0.2, 0.25) is 0 Å². The molecule has 0 bridgehead atoms. The van der Waals surface area contributed by atoms with Gasteiger partial charge in [0, 0.05) is 40.4 Å². The Balaban J connectivity index is 0.00000386. The van der Waals surface area contributed by atoms with Crippen molar-refractivity contribution in [3.8, 4) is 23.0 Å². The smallest absolute Gasteiger partial charge is 0.509 e. The van der Waals surface area contributed by atoms with Crippen LogP contribution in [0, 0.1) is 44.7 Å². The van der Waals surface area contributed by atoms with E-state index in [1.54, 1.807) is 0 Å². The molecule has 0 spiro atoms. The van der Waals surface area contributed by atoms with Gasteiger partial charge in [-0.15, -0.1) is 41.3 Å². The van der Waals surface area contributed by atoms with Crippen molar-refractivity contribution < 1.29 is 25.8 Å². The summed E-state index contributed by atoms with van der Waals surface area (Å²) in [5.74, 6) is 4.01. The summed E-state index contributed by atoms with van der Waals surface area (Å²) in [4.78, 5) is 4.72. The molecule has 5 nitrogen and oxygen atoms in total. The Morgan fingerprint density at radius 1 is 0.894 bits per heavy atom. The van der Waals surface area contributed by atoms with Gasteiger partial charge in [-0.3, -0.25) is 4.68 Å². The second-order valence-corrected chi connectivity index (χ2v) is 13.6. The second-order valence-electron chi connectivity index (χ2n) is 13.6. The Hall–Kier alpha value is -3.95. The summed E-state index contributed by atoms with van der Waals surface area (Å²) >= 11 is 0. The third-order valence-electron chi connectivity index (χ3n) is 9.66. The Bertz CT molecular complexity index is 2140. The first-order valence-corrected chi connectivity index (χ1v) is 16.5. The van der Waals surface area contributed by atoms with Crippen LogP contribution in [0.4, 0.5) is 0 Å². The number of aryl methyl sites for hydroxylation is 2. The second kappa shape index (κ2) is 12.9. The summed E-state index contributed by atoms with van der Waals surface area (Å²) < 4.78 is 10.8. The first-order chi connectivity index (χ1) is 22.1. The van der Waals surface area contributed by atoms with E-state index < -0.39 is 0 Å². The number of para-hydroxylation sites is 1. The third-order valence-corrected chi connectivity index (χ3v) is 9.66. The van der Waals surface area contributed by atoms with Crippen LogP contribution in [0.1, 0.15) is 81.0 Å². The Morgan fingerprint density at radius 2 is 1.68 bits per heavy atom. The molecule has 3 aromatic carbocycles. The summed E-state index contributed by atoms with van der Waals surface area (Å²) in [5, 5.41) is 7.36. The molecule has 242 valence electrons. The topological polar surface area (TPSA) is 44.9 Å². The van der Waals surface area contributed by atoms with Crippen molar-refractivity contribution in [1.82, 2.24) is 19.3 Å². The van der Waals surface area contributed by atoms with Crippen molar-refractivity contribution in [2.45, 2.75) is 73.6 Å². The van der Waals surface area contributed by atoms with Crippen LogP contribution in [0.3, 0.4) is 0 Å². The molecule has 1 aliphatic rings. The molecule has 6 aromatic rings. The van der Waals surface area contributed by atoms with Gasteiger partial charge in [-0.05, 0) is 86.7 Å². The standard InChI is InChI=1S/C41H42N4O.Pt/c1-24(2)31-20-32(45-30(8)41(29(7)43-45)40-27(5)17-26(4)18-28(40)6)22-34(21-31)46-33-13-14-36-35-11-9-10-12-37(35)44(38(36)23-33)39-19-25(3)15-16-42-39;/h9-17,19-21,24,26,28,40H,18H2,1-8H3;/q-2;+2/t26-,28-,40?;/m0./s1. The van der Waals surface area contributed by atoms with Gasteiger partial charge in [0.15, 0.2) is 0 Å². The maximum atomic E-state index is 6.59. The fourth-order valence-corrected chi connectivity index (χ4v) is 7.63. The van der Waals surface area contributed by atoms with Crippen LogP contribution in [-0.2, 0) is 21.1 Å². The molecule has 3 atom stereocenters.